The largest absolute Gasteiger partial charge is 0.378 e. The van der Waals surface area contributed by atoms with Crippen molar-refractivity contribution >= 4 is 32.9 Å². The summed E-state index contributed by atoms with van der Waals surface area (Å²) in [7, 11) is 0. The Kier molecular flexibility index (Phi) is 11.5. The van der Waals surface area contributed by atoms with Crippen molar-refractivity contribution in [3.05, 3.63) is 102 Å². The van der Waals surface area contributed by atoms with Gasteiger partial charge in [-0.1, -0.05) is 36.4 Å². The third-order valence-corrected chi connectivity index (χ3v) is 9.29. The Balaban J connectivity index is 1.47. The fraction of sp³-hybridized carbons (Fsp3) is 0.421. The molecule has 2 fully saturated rings. The van der Waals surface area contributed by atoms with Crippen LogP contribution in [0.4, 0.5) is 11.4 Å². The molecule has 0 unspecified atom stereocenters. The van der Waals surface area contributed by atoms with Crippen molar-refractivity contribution in [3.63, 3.8) is 0 Å². The summed E-state index contributed by atoms with van der Waals surface area (Å²) in [6.45, 7) is 5.26. The van der Waals surface area contributed by atoms with Gasteiger partial charge in [-0.05, 0) is 24.3 Å². The summed E-state index contributed by atoms with van der Waals surface area (Å²) in [5.41, 5.74) is -1.05. The van der Waals surface area contributed by atoms with Gasteiger partial charge in [0.2, 0.25) is 0 Å². The Bertz CT molecular complexity index is 2030. The Morgan fingerprint density at radius 1 is 0.346 bits per heavy atom. The topological polar surface area (TPSA) is 140 Å². The van der Waals surface area contributed by atoms with Gasteiger partial charge in [0.1, 0.15) is 0 Å². The zero-order chi connectivity index (χ0) is 35.9. The molecule has 2 aromatic heterocycles. The molecule has 7 rings (SSSR count). The van der Waals surface area contributed by atoms with Gasteiger partial charge in [-0.15, -0.1) is 0 Å². The van der Waals surface area contributed by atoms with Gasteiger partial charge in [-0.2, -0.15) is 0 Å². The average Bonchev–Trinajstić information content (AvgIpc) is 3.59. The molecule has 52 heavy (non-hydrogen) atoms. The maximum atomic E-state index is 14.8. The minimum Gasteiger partial charge on any atom is -0.378 e. The highest BCUT2D eigenvalue weighted by Gasteiger charge is 2.34. The smallest absolute Gasteiger partial charge is 0.268 e. The van der Waals surface area contributed by atoms with Gasteiger partial charge in [0.15, 0.2) is 0 Å². The molecule has 14 heteroatoms. The van der Waals surface area contributed by atoms with E-state index in [1.165, 1.54) is 0 Å². The number of benzene rings is 3. The molecule has 0 spiro atoms. The van der Waals surface area contributed by atoms with Gasteiger partial charge in [0.05, 0.1) is 124 Å². The Hall–Kier alpha value is -4.70. The lowest BCUT2D eigenvalue weighted by atomic mass is 10.0. The lowest BCUT2D eigenvalue weighted by Crippen LogP contribution is -2.37. The number of fused-ring (bicyclic) bond motifs is 2. The fourth-order valence-electron chi connectivity index (χ4n) is 6.90. The molecule has 0 N–H and O–H groups in total. The summed E-state index contributed by atoms with van der Waals surface area (Å²) in [6.07, 6.45) is 0. The van der Waals surface area contributed by atoms with Crippen LogP contribution in [0.1, 0.15) is 0 Å². The van der Waals surface area contributed by atoms with Gasteiger partial charge < -0.3 is 38.2 Å². The molecule has 5 aromatic rings. The third-order valence-electron chi connectivity index (χ3n) is 9.29. The van der Waals surface area contributed by atoms with E-state index < -0.39 is 22.2 Å². The number of hydrogen-bond donors (Lipinski definition) is 0. The zero-order valence-electron chi connectivity index (χ0n) is 29.0. The molecule has 0 saturated carbocycles. The van der Waals surface area contributed by atoms with E-state index in [4.69, 9.17) is 28.4 Å². The Labute approximate surface area is 298 Å². The monoisotopic (exact) mass is 714 g/mol. The molecule has 14 nitrogen and oxygen atoms in total. The van der Waals surface area contributed by atoms with Crippen LogP contribution in [0.5, 0.6) is 0 Å². The van der Waals surface area contributed by atoms with Crippen LogP contribution in [0.2, 0.25) is 0 Å². The first-order chi connectivity index (χ1) is 25.6. The molecule has 0 bridgehead atoms. The van der Waals surface area contributed by atoms with Crippen molar-refractivity contribution < 1.29 is 28.4 Å². The van der Waals surface area contributed by atoms with E-state index in [9.17, 15) is 19.2 Å². The fourth-order valence-corrected chi connectivity index (χ4v) is 6.90. The van der Waals surface area contributed by atoms with Crippen molar-refractivity contribution in [3.8, 4) is 11.4 Å². The third kappa shape index (κ3) is 7.18. The summed E-state index contributed by atoms with van der Waals surface area (Å²) >= 11 is 0. The Morgan fingerprint density at radius 2 is 0.596 bits per heavy atom. The predicted octanol–water partition coefficient (Wildman–Crippen LogP) is 1.63. The second-order valence-corrected chi connectivity index (χ2v) is 12.4. The first kappa shape index (κ1) is 35.7. The minimum atomic E-state index is -0.581. The van der Waals surface area contributed by atoms with E-state index in [1.54, 1.807) is 60.7 Å². The maximum absolute atomic E-state index is 14.8. The molecule has 2 aliphatic heterocycles. The molecule has 2 saturated heterocycles. The highest BCUT2D eigenvalue weighted by Crippen LogP contribution is 2.39. The van der Waals surface area contributed by atoms with Gasteiger partial charge in [0.25, 0.3) is 22.2 Å². The lowest BCUT2D eigenvalue weighted by molar-refractivity contribution is -0.0116. The van der Waals surface area contributed by atoms with Crippen molar-refractivity contribution in [2.24, 2.45) is 0 Å². The van der Waals surface area contributed by atoms with Crippen molar-refractivity contribution in [1.82, 2.24) is 9.13 Å². The van der Waals surface area contributed by atoms with E-state index in [-0.39, 0.29) is 59.2 Å². The summed E-state index contributed by atoms with van der Waals surface area (Å²) < 4.78 is 36.6. The number of para-hydroxylation sites is 2. The SMILES string of the molecule is O=c1c2c(N3CCOCCOCCOCCOCCOCC3)c3c(=O)n(-c4ccccc4)c(=O)c3c(N3CCOCC3)c2c(=O)n1-c1ccccc1. The number of hydrogen-bond acceptors (Lipinski definition) is 12. The highest BCUT2D eigenvalue weighted by atomic mass is 16.6. The number of nitrogens with zero attached hydrogens (tertiary/aromatic N) is 4. The van der Waals surface area contributed by atoms with E-state index >= 15 is 0 Å². The molecule has 274 valence electrons. The van der Waals surface area contributed by atoms with Crippen LogP contribution in [-0.2, 0) is 28.4 Å². The molecule has 0 aliphatic carbocycles. The molecule has 0 radical (unpaired) electrons. The highest BCUT2D eigenvalue weighted by molar-refractivity contribution is 6.20. The molecule has 0 atom stereocenters. The van der Waals surface area contributed by atoms with Gasteiger partial charge in [-0.25, -0.2) is 9.13 Å². The van der Waals surface area contributed by atoms with E-state index in [2.05, 4.69) is 0 Å². The van der Waals surface area contributed by atoms with E-state index in [1.807, 2.05) is 9.80 Å². The number of rotatable bonds is 4. The van der Waals surface area contributed by atoms with E-state index in [0.717, 1.165) is 9.13 Å². The normalized spacial score (nSPS) is 18.1. The van der Waals surface area contributed by atoms with Crippen LogP contribution >= 0.6 is 0 Å². The summed E-state index contributed by atoms with van der Waals surface area (Å²) in [4.78, 5) is 62.6. The van der Waals surface area contributed by atoms with Crippen LogP contribution in [0.15, 0.2) is 79.8 Å². The van der Waals surface area contributed by atoms with Gasteiger partial charge >= 0.3 is 0 Å². The molecule has 2 aliphatic rings. The zero-order valence-corrected chi connectivity index (χ0v) is 29.0. The second-order valence-electron chi connectivity index (χ2n) is 12.4. The van der Waals surface area contributed by atoms with Gasteiger partial charge in [-0.3, -0.25) is 19.2 Å². The number of ether oxygens (including phenoxy) is 6. The predicted molar refractivity (Wildman–Crippen MR) is 197 cm³/mol. The van der Waals surface area contributed by atoms with Crippen LogP contribution < -0.4 is 32.0 Å². The second kappa shape index (κ2) is 16.8. The number of aromatic nitrogens is 2. The summed E-state index contributed by atoms with van der Waals surface area (Å²) in [6, 6.07) is 17.3. The van der Waals surface area contributed by atoms with Crippen LogP contribution in [0.25, 0.3) is 32.9 Å². The standard InChI is InChI=1S/C38H42N4O10/c43-35-29-31(37(45)41(35)27-7-3-1-4-8-27)34(40-13-17-48-19-21-50-23-25-52-26-24-51-22-20-49-18-14-40)32-30(33(29)39-11-15-47-16-12-39)36(44)42(38(32)46)28-9-5-2-6-10-28/h1-10H,11-26H2. The average molecular weight is 715 g/mol. The summed E-state index contributed by atoms with van der Waals surface area (Å²) in [5.74, 6) is 0. The molecule has 0 amide bonds. The van der Waals surface area contributed by atoms with E-state index in [0.29, 0.717) is 90.5 Å². The summed E-state index contributed by atoms with van der Waals surface area (Å²) in [5, 5.41) is 0.315. The minimum absolute atomic E-state index is 0.0685. The van der Waals surface area contributed by atoms with Crippen molar-refractivity contribution in [2.45, 2.75) is 0 Å². The van der Waals surface area contributed by atoms with Crippen LogP contribution in [0, 0.1) is 0 Å². The Morgan fingerprint density at radius 3 is 0.885 bits per heavy atom. The first-order valence-electron chi connectivity index (χ1n) is 17.7. The quantitative estimate of drug-likeness (QED) is 0.267. The number of morpholine rings is 1. The van der Waals surface area contributed by atoms with Crippen LogP contribution in [-0.4, -0.2) is 115 Å². The molecule has 4 heterocycles. The lowest BCUT2D eigenvalue weighted by Gasteiger charge is -2.31. The molecule has 3 aromatic carbocycles. The van der Waals surface area contributed by atoms with Crippen molar-refractivity contribution in [2.75, 3.05) is 115 Å². The van der Waals surface area contributed by atoms with Crippen molar-refractivity contribution in [1.29, 1.82) is 0 Å². The first-order valence-corrected chi connectivity index (χ1v) is 17.7. The molecular weight excluding hydrogens is 672 g/mol. The van der Waals surface area contributed by atoms with Crippen LogP contribution in [0.3, 0.4) is 0 Å². The maximum Gasteiger partial charge on any atom is 0.268 e. The number of anilines is 2. The molecular formula is C38H42N4O10. The van der Waals surface area contributed by atoms with Gasteiger partial charge in [0, 0.05) is 26.2 Å².